The molecule has 124 valence electrons. The molecule has 0 saturated heterocycles. The van der Waals surface area contributed by atoms with Crippen LogP contribution in [0, 0.1) is 5.82 Å². The van der Waals surface area contributed by atoms with Crippen molar-refractivity contribution in [3.05, 3.63) is 90.4 Å². The molecule has 0 atom stereocenters. The Hall–Kier alpha value is -3.47. The number of nitrogens with one attached hydrogen (secondary N) is 1. The molecule has 3 aromatic rings. The lowest BCUT2D eigenvalue weighted by Gasteiger charge is -2.06. The second-order valence-corrected chi connectivity index (χ2v) is 5.15. The molecule has 1 heterocycles. The molecule has 5 heteroatoms. The average molecular weight is 334 g/mol. The summed E-state index contributed by atoms with van der Waals surface area (Å²) in [4.78, 5) is 16.0. The summed E-state index contributed by atoms with van der Waals surface area (Å²) in [6.45, 7) is 0. The second kappa shape index (κ2) is 7.88. The van der Waals surface area contributed by atoms with Crippen molar-refractivity contribution in [1.29, 1.82) is 0 Å². The first-order chi connectivity index (χ1) is 12.2. The molecule has 0 aliphatic heterocycles. The lowest BCUT2D eigenvalue weighted by molar-refractivity contribution is -0.111. The fourth-order valence-corrected chi connectivity index (χ4v) is 2.07. The maximum atomic E-state index is 13.5. The summed E-state index contributed by atoms with van der Waals surface area (Å²) in [5, 5.41) is 2.70. The van der Waals surface area contributed by atoms with Crippen LogP contribution in [-0.2, 0) is 4.79 Å². The predicted molar refractivity (Wildman–Crippen MR) is 94.8 cm³/mol. The SMILES string of the molecule is O=C(/C=C\c1ccccc1)Nc1ccc(Oc2ccccc2F)nc1. The van der Waals surface area contributed by atoms with E-state index < -0.39 is 5.82 Å². The number of nitrogens with zero attached hydrogens (tertiary/aromatic N) is 1. The summed E-state index contributed by atoms with van der Waals surface area (Å²) in [7, 11) is 0. The topological polar surface area (TPSA) is 51.2 Å². The van der Waals surface area contributed by atoms with Crippen molar-refractivity contribution in [1.82, 2.24) is 4.98 Å². The van der Waals surface area contributed by atoms with Gasteiger partial charge in [0.15, 0.2) is 11.6 Å². The number of para-hydroxylation sites is 1. The molecule has 2 aromatic carbocycles. The van der Waals surface area contributed by atoms with Crippen LogP contribution in [0.5, 0.6) is 11.6 Å². The predicted octanol–water partition coefficient (Wildman–Crippen LogP) is 4.66. The molecular weight excluding hydrogens is 319 g/mol. The van der Waals surface area contributed by atoms with E-state index in [4.69, 9.17) is 4.74 Å². The lowest BCUT2D eigenvalue weighted by Crippen LogP contribution is -2.07. The second-order valence-electron chi connectivity index (χ2n) is 5.15. The van der Waals surface area contributed by atoms with Crippen LogP contribution in [0.4, 0.5) is 10.1 Å². The van der Waals surface area contributed by atoms with Gasteiger partial charge in [-0.15, -0.1) is 0 Å². The number of halogens is 1. The van der Waals surface area contributed by atoms with Gasteiger partial charge in [-0.05, 0) is 29.8 Å². The van der Waals surface area contributed by atoms with Gasteiger partial charge in [0.1, 0.15) is 0 Å². The zero-order valence-corrected chi connectivity index (χ0v) is 13.2. The molecule has 0 aliphatic carbocycles. The molecule has 0 bridgehead atoms. The molecule has 4 nitrogen and oxygen atoms in total. The van der Waals surface area contributed by atoms with Gasteiger partial charge in [-0.2, -0.15) is 0 Å². The minimum Gasteiger partial charge on any atom is -0.436 e. The molecule has 3 rings (SSSR count). The molecule has 0 radical (unpaired) electrons. The van der Waals surface area contributed by atoms with Gasteiger partial charge in [-0.1, -0.05) is 42.5 Å². The van der Waals surface area contributed by atoms with Crippen LogP contribution >= 0.6 is 0 Å². The van der Waals surface area contributed by atoms with Crippen LogP contribution in [-0.4, -0.2) is 10.9 Å². The van der Waals surface area contributed by atoms with Crippen LogP contribution < -0.4 is 10.1 Å². The van der Waals surface area contributed by atoms with Crippen LogP contribution in [0.3, 0.4) is 0 Å². The lowest BCUT2D eigenvalue weighted by atomic mass is 10.2. The van der Waals surface area contributed by atoms with E-state index in [1.807, 2.05) is 30.3 Å². The highest BCUT2D eigenvalue weighted by Gasteiger charge is 2.05. The fraction of sp³-hybridized carbons (Fsp3) is 0. The number of aromatic nitrogens is 1. The number of pyridine rings is 1. The fourth-order valence-electron chi connectivity index (χ4n) is 2.07. The number of rotatable bonds is 5. The van der Waals surface area contributed by atoms with Crippen LogP contribution in [0.25, 0.3) is 6.08 Å². The van der Waals surface area contributed by atoms with Crippen molar-refractivity contribution in [3.63, 3.8) is 0 Å². The number of benzene rings is 2. The normalized spacial score (nSPS) is 10.6. The minimum atomic E-state index is -0.465. The molecule has 0 fully saturated rings. The number of anilines is 1. The molecule has 0 aliphatic rings. The largest absolute Gasteiger partial charge is 0.436 e. The van der Waals surface area contributed by atoms with E-state index in [0.29, 0.717) is 5.69 Å². The van der Waals surface area contributed by atoms with Gasteiger partial charge in [-0.25, -0.2) is 9.37 Å². The zero-order valence-electron chi connectivity index (χ0n) is 13.2. The van der Waals surface area contributed by atoms with E-state index in [2.05, 4.69) is 10.3 Å². The number of carbonyl (C=O) groups is 1. The summed E-state index contributed by atoms with van der Waals surface area (Å²) in [5.74, 6) is -0.401. The minimum absolute atomic E-state index is 0.0950. The number of hydrogen-bond acceptors (Lipinski definition) is 3. The highest BCUT2D eigenvalue weighted by atomic mass is 19.1. The summed E-state index contributed by atoms with van der Waals surface area (Å²) in [5.41, 5.74) is 1.45. The first kappa shape index (κ1) is 16.4. The van der Waals surface area contributed by atoms with E-state index in [-0.39, 0.29) is 17.5 Å². The number of amides is 1. The molecule has 25 heavy (non-hydrogen) atoms. The Labute approximate surface area is 144 Å². The maximum Gasteiger partial charge on any atom is 0.248 e. The molecule has 1 N–H and O–H groups in total. The van der Waals surface area contributed by atoms with Crippen LogP contribution in [0.15, 0.2) is 79.0 Å². The molecule has 1 amide bonds. The van der Waals surface area contributed by atoms with Crippen molar-refractivity contribution in [2.75, 3.05) is 5.32 Å². The monoisotopic (exact) mass is 334 g/mol. The Bertz CT molecular complexity index is 878. The Balaban J connectivity index is 1.60. The summed E-state index contributed by atoms with van der Waals surface area (Å²) < 4.78 is 18.9. The Morgan fingerprint density at radius 3 is 2.48 bits per heavy atom. The average Bonchev–Trinajstić information content (AvgIpc) is 2.64. The molecule has 0 saturated carbocycles. The zero-order chi connectivity index (χ0) is 17.5. The molecule has 1 aromatic heterocycles. The smallest absolute Gasteiger partial charge is 0.248 e. The van der Waals surface area contributed by atoms with Gasteiger partial charge < -0.3 is 10.1 Å². The van der Waals surface area contributed by atoms with Gasteiger partial charge in [-0.3, -0.25) is 4.79 Å². The van der Waals surface area contributed by atoms with E-state index in [9.17, 15) is 9.18 Å². The molecule has 0 spiro atoms. The highest BCUT2D eigenvalue weighted by molar-refractivity contribution is 6.01. The van der Waals surface area contributed by atoms with E-state index in [1.165, 1.54) is 24.4 Å². The van der Waals surface area contributed by atoms with E-state index in [0.717, 1.165) is 5.56 Å². The van der Waals surface area contributed by atoms with Crippen molar-refractivity contribution in [2.24, 2.45) is 0 Å². The van der Waals surface area contributed by atoms with E-state index in [1.54, 1.807) is 30.3 Å². The number of hydrogen-bond donors (Lipinski definition) is 1. The van der Waals surface area contributed by atoms with Gasteiger partial charge in [0.2, 0.25) is 11.8 Å². The maximum absolute atomic E-state index is 13.5. The van der Waals surface area contributed by atoms with Crippen molar-refractivity contribution in [3.8, 4) is 11.6 Å². The van der Waals surface area contributed by atoms with Crippen LogP contribution in [0.2, 0.25) is 0 Å². The summed E-state index contributed by atoms with van der Waals surface area (Å²) in [6, 6.07) is 18.8. The first-order valence-electron chi connectivity index (χ1n) is 7.63. The quantitative estimate of drug-likeness (QED) is 0.690. The van der Waals surface area contributed by atoms with Crippen molar-refractivity contribution >= 4 is 17.7 Å². The molecule has 0 unspecified atom stereocenters. The highest BCUT2D eigenvalue weighted by Crippen LogP contribution is 2.23. The standard InChI is InChI=1S/C20H15FN2O2/c21-17-8-4-5-9-18(17)25-20-13-11-16(14-22-20)23-19(24)12-10-15-6-2-1-3-7-15/h1-14H,(H,23,24)/b12-10-. The van der Waals surface area contributed by atoms with E-state index >= 15 is 0 Å². The van der Waals surface area contributed by atoms with Gasteiger partial charge in [0, 0.05) is 12.1 Å². The summed E-state index contributed by atoms with van der Waals surface area (Å²) in [6.07, 6.45) is 4.61. The van der Waals surface area contributed by atoms with Gasteiger partial charge >= 0.3 is 0 Å². The third-order valence-electron chi connectivity index (χ3n) is 3.28. The number of ether oxygens (including phenoxy) is 1. The summed E-state index contributed by atoms with van der Waals surface area (Å²) >= 11 is 0. The Morgan fingerprint density at radius 1 is 1.00 bits per heavy atom. The van der Waals surface area contributed by atoms with Gasteiger partial charge in [0.05, 0.1) is 11.9 Å². The third-order valence-corrected chi connectivity index (χ3v) is 3.28. The Morgan fingerprint density at radius 2 is 1.76 bits per heavy atom. The molecular formula is C20H15FN2O2. The van der Waals surface area contributed by atoms with Crippen LogP contribution in [0.1, 0.15) is 5.56 Å². The third kappa shape index (κ3) is 4.75. The van der Waals surface area contributed by atoms with Crippen molar-refractivity contribution < 1.29 is 13.9 Å². The van der Waals surface area contributed by atoms with Crippen molar-refractivity contribution in [2.45, 2.75) is 0 Å². The number of carbonyl (C=O) groups excluding carboxylic acids is 1. The van der Waals surface area contributed by atoms with Gasteiger partial charge in [0.25, 0.3) is 0 Å². The first-order valence-corrected chi connectivity index (χ1v) is 7.63. The Kier molecular flexibility index (Phi) is 5.16.